The zero-order valence-electron chi connectivity index (χ0n) is 12.4. The number of halogens is 1. The Labute approximate surface area is 145 Å². The number of carbonyl (C=O) groups excluding carboxylic acids is 1. The second-order valence-electron chi connectivity index (χ2n) is 4.82. The molecular weight excluding hydrogens is 369 g/mol. The number of nitrogens with one attached hydrogen (secondary N) is 1. The molecule has 128 valence electrons. The summed E-state index contributed by atoms with van der Waals surface area (Å²) in [4.78, 5) is 15.7. The molecular formula is C15H10FN3O4S2. The summed E-state index contributed by atoms with van der Waals surface area (Å²) >= 11 is 1.02. The molecule has 0 fully saturated rings. The number of hydrogen-bond donors (Lipinski definition) is 2. The Bertz CT molecular complexity index is 1040. The first-order valence-corrected chi connectivity index (χ1v) is 9.20. The molecule has 1 aromatic carbocycles. The van der Waals surface area contributed by atoms with Gasteiger partial charge in [0, 0.05) is 16.8 Å². The summed E-state index contributed by atoms with van der Waals surface area (Å²) in [7, 11) is -4.00. The van der Waals surface area contributed by atoms with Gasteiger partial charge in [-0.2, -0.15) is 16.4 Å². The first kappa shape index (κ1) is 17.0. The van der Waals surface area contributed by atoms with Crippen LogP contribution in [0.1, 0.15) is 16.2 Å². The van der Waals surface area contributed by atoms with Crippen molar-refractivity contribution < 1.29 is 22.7 Å². The van der Waals surface area contributed by atoms with Crippen LogP contribution in [0.15, 0.2) is 57.2 Å². The summed E-state index contributed by atoms with van der Waals surface area (Å²) in [6.07, 6.45) is 2.06. The Morgan fingerprint density at radius 3 is 2.60 bits per heavy atom. The fourth-order valence-electron chi connectivity index (χ4n) is 2.01. The van der Waals surface area contributed by atoms with Gasteiger partial charge in [0.25, 0.3) is 0 Å². The quantitative estimate of drug-likeness (QED) is 0.305. The van der Waals surface area contributed by atoms with Crippen LogP contribution >= 0.6 is 11.3 Å². The SMILES string of the molecule is O=C(C=C(O)c1nc[nH]n1)c1cscc1S(=O)(=O)c1ccc(F)cc1. The van der Waals surface area contributed by atoms with Gasteiger partial charge in [-0.1, -0.05) is 0 Å². The van der Waals surface area contributed by atoms with E-state index in [1.165, 1.54) is 17.1 Å². The predicted octanol–water partition coefficient (Wildman–Crippen LogP) is 2.62. The Hall–Kier alpha value is -2.85. The molecule has 0 saturated carbocycles. The molecule has 2 aromatic heterocycles. The van der Waals surface area contributed by atoms with E-state index in [-0.39, 0.29) is 21.2 Å². The van der Waals surface area contributed by atoms with Crippen molar-refractivity contribution in [2.45, 2.75) is 9.79 Å². The van der Waals surface area contributed by atoms with Gasteiger partial charge in [0.1, 0.15) is 12.1 Å². The van der Waals surface area contributed by atoms with Crippen molar-refractivity contribution in [3.63, 3.8) is 0 Å². The molecule has 0 unspecified atom stereocenters. The van der Waals surface area contributed by atoms with Gasteiger partial charge in [0.15, 0.2) is 11.5 Å². The lowest BCUT2D eigenvalue weighted by atomic mass is 10.2. The number of nitrogens with zero attached hydrogens (tertiary/aromatic N) is 2. The molecule has 0 aliphatic heterocycles. The number of thiophene rings is 1. The predicted molar refractivity (Wildman–Crippen MR) is 87.5 cm³/mol. The fraction of sp³-hybridized carbons (Fsp3) is 0. The van der Waals surface area contributed by atoms with Gasteiger partial charge >= 0.3 is 0 Å². The number of aromatic amines is 1. The molecule has 7 nitrogen and oxygen atoms in total. The maximum absolute atomic E-state index is 13.0. The Kier molecular flexibility index (Phi) is 4.47. The maximum atomic E-state index is 13.0. The normalized spacial score (nSPS) is 12.3. The average molecular weight is 379 g/mol. The molecule has 2 N–H and O–H groups in total. The van der Waals surface area contributed by atoms with Crippen LogP contribution in [0.5, 0.6) is 0 Å². The molecule has 3 aromatic rings. The minimum Gasteiger partial charge on any atom is -0.504 e. The van der Waals surface area contributed by atoms with Crippen LogP contribution in [0.4, 0.5) is 4.39 Å². The minimum absolute atomic E-state index is 0.0912. The van der Waals surface area contributed by atoms with Crippen molar-refractivity contribution >= 4 is 32.7 Å². The summed E-state index contributed by atoms with van der Waals surface area (Å²) in [5.74, 6) is -1.88. The van der Waals surface area contributed by atoms with Crippen LogP contribution in [0.2, 0.25) is 0 Å². The Balaban J connectivity index is 1.99. The lowest BCUT2D eigenvalue weighted by Crippen LogP contribution is -2.07. The van der Waals surface area contributed by atoms with Gasteiger partial charge in [-0.05, 0) is 24.3 Å². The van der Waals surface area contributed by atoms with Crippen LogP contribution in [-0.2, 0) is 9.84 Å². The Morgan fingerprint density at radius 2 is 1.96 bits per heavy atom. The van der Waals surface area contributed by atoms with Crippen LogP contribution in [0, 0.1) is 5.82 Å². The maximum Gasteiger partial charge on any atom is 0.215 e. The van der Waals surface area contributed by atoms with Crippen molar-refractivity contribution in [2.75, 3.05) is 0 Å². The van der Waals surface area contributed by atoms with Gasteiger partial charge in [0.2, 0.25) is 15.7 Å². The van der Waals surface area contributed by atoms with E-state index in [1.54, 1.807) is 0 Å². The number of carbonyl (C=O) groups is 1. The van der Waals surface area contributed by atoms with Gasteiger partial charge in [-0.3, -0.25) is 9.89 Å². The highest BCUT2D eigenvalue weighted by Crippen LogP contribution is 2.28. The standard InChI is InChI=1S/C15H10FN3O4S2/c16-9-1-3-10(4-2-9)25(22,23)14-7-24-6-11(14)12(20)5-13(21)15-17-8-18-19-15/h1-8,21H,(H,17,18,19). The third kappa shape index (κ3) is 3.35. The summed E-state index contributed by atoms with van der Waals surface area (Å²) < 4.78 is 38.3. The highest BCUT2D eigenvalue weighted by molar-refractivity contribution is 7.91. The zero-order chi connectivity index (χ0) is 18.0. The minimum atomic E-state index is -4.00. The van der Waals surface area contributed by atoms with E-state index in [9.17, 15) is 22.7 Å². The van der Waals surface area contributed by atoms with Gasteiger partial charge in [-0.15, -0.1) is 0 Å². The highest BCUT2D eigenvalue weighted by atomic mass is 32.2. The lowest BCUT2D eigenvalue weighted by molar-refractivity contribution is 0.104. The number of ketones is 1. The van der Waals surface area contributed by atoms with Crippen molar-refractivity contribution in [2.24, 2.45) is 0 Å². The third-order valence-corrected chi connectivity index (χ3v) is 5.92. The van der Waals surface area contributed by atoms with E-state index >= 15 is 0 Å². The van der Waals surface area contributed by atoms with Crippen LogP contribution in [0.25, 0.3) is 5.76 Å². The smallest absolute Gasteiger partial charge is 0.215 e. The summed E-state index contributed by atoms with van der Waals surface area (Å²) in [6, 6.07) is 4.29. The number of rotatable bonds is 5. The van der Waals surface area contributed by atoms with Gasteiger partial charge in [0.05, 0.1) is 15.4 Å². The number of aromatic nitrogens is 3. The van der Waals surface area contributed by atoms with Crippen molar-refractivity contribution in [1.29, 1.82) is 0 Å². The molecule has 25 heavy (non-hydrogen) atoms. The number of hydrogen-bond acceptors (Lipinski definition) is 7. The first-order chi connectivity index (χ1) is 11.9. The van der Waals surface area contributed by atoms with E-state index in [4.69, 9.17) is 0 Å². The summed E-state index contributed by atoms with van der Waals surface area (Å²) in [6.45, 7) is 0. The summed E-state index contributed by atoms with van der Waals surface area (Å²) in [5, 5.41) is 18.5. The van der Waals surface area contributed by atoms with Crippen molar-refractivity contribution in [3.05, 3.63) is 64.6 Å². The van der Waals surface area contributed by atoms with E-state index in [0.717, 1.165) is 41.7 Å². The second-order valence-corrected chi connectivity index (χ2v) is 7.49. The second kappa shape index (κ2) is 6.57. The molecule has 0 atom stereocenters. The monoisotopic (exact) mass is 379 g/mol. The topological polar surface area (TPSA) is 113 Å². The van der Waals surface area contributed by atoms with Gasteiger partial charge in [-0.25, -0.2) is 17.8 Å². The number of aliphatic hydroxyl groups is 1. The molecule has 0 saturated heterocycles. The number of allylic oxidation sites excluding steroid dienone is 1. The molecule has 0 amide bonds. The van der Waals surface area contributed by atoms with E-state index in [2.05, 4.69) is 15.2 Å². The average Bonchev–Trinajstić information content (AvgIpc) is 3.27. The van der Waals surface area contributed by atoms with E-state index < -0.39 is 27.2 Å². The lowest BCUT2D eigenvalue weighted by Gasteiger charge is -2.05. The summed E-state index contributed by atoms with van der Waals surface area (Å²) in [5.41, 5.74) is -0.101. The van der Waals surface area contributed by atoms with E-state index in [0.29, 0.717) is 0 Å². The number of aliphatic hydroxyl groups excluding tert-OH is 1. The number of benzene rings is 1. The molecule has 0 spiro atoms. The van der Waals surface area contributed by atoms with Crippen LogP contribution in [0.3, 0.4) is 0 Å². The fourth-order valence-corrected chi connectivity index (χ4v) is 4.66. The molecule has 0 radical (unpaired) electrons. The van der Waals surface area contributed by atoms with E-state index in [1.807, 2.05) is 0 Å². The molecule has 0 aliphatic rings. The molecule has 3 rings (SSSR count). The van der Waals surface area contributed by atoms with Gasteiger partial charge < -0.3 is 5.11 Å². The van der Waals surface area contributed by atoms with Crippen molar-refractivity contribution in [3.8, 4) is 0 Å². The van der Waals surface area contributed by atoms with Crippen LogP contribution in [-0.4, -0.2) is 34.5 Å². The number of sulfone groups is 1. The molecule has 10 heteroatoms. The van der Waals surface area contributed by atoms with Crippen molar-refractivity contribution in [1.82, 2.24) is 15.2 Å². The molecule has 0 bridgehead atoms. The largest absolute Gasteiger partial charge is 0.504 e. The Morgan fingerprint density at radius 1 is 1.24 bits per heavy atom. The number of H-pyrrole nitrogens is 1. The zero-order valence-corrected chi connectivity index (χ0v) is 14.0. The molecule has 2 heterocycles. The highest BCUT2D eigenvalue weighted by Gasteiger charge is 2.25. The first-order valence-electron chi connectivity index (χ1n) is 6.77. The van der Waals surface area contributed by atoms with Crippen LogP contribution < -0.4 is 0 Å². The third-order valence-electron chi connectivity index (χ3n) is 3.22. The molecule has 0 aliphatic carbocycles.